The molecule has 0 bridgehead atoms. The summed E-state index contributed by atoms with van der Waals surface area (Å²) in [5, 5.41) is 9.01. The van der Waals surface area contributed by atoms with E-state index in [1.807, 2.05) is 26.0 Å². The number of amides is 2. The number of aromatic nitrogens is 3. The van der Waals surface area contributed by atoms with Crippen LogP contribution in [0.4, 0.5) is 14.5 Å². The van der Waals surface area contributed by atoms with E-state index in [9.17, 15) is 18.4 Å². The van der Waals surface area contributed by atoms with Gasteiger partial charge in [-0.25, -0.2) is 18.3 Å². The van der Waals surface area contributed by atoms with Gasteiger partial charge < -0.3 is 15.4 Å². The molecule has 0 spiro atoms. The zero-order valence-electron chi connectivity index (χ0n) is 15.6. The van der Waals surface area contributed by atoms with Gasteiger partial charge in [-0.15, -0.1) is 5.10 Å². The first-order chi connectivity index (χ1) is 13.8. The highest BCUT2D eigenvalue weighted by Gasteiger charge is 2.30. The molecule has 8 nitrogen and oxygen atoms in total. The van der Waals surface area contributed by atoms with Crippen LogP contribution in [0.1, 0.15) is 36.1 Å². The minimum absolute atomic E-state index is 0.120. The second-order valence-corrected chi connectivity index (χ2v) is 6.90. The second kappa shape index (κ2) is 7.12. The van der Waals surface area contributed by atoms with Gasteiger partial charge in [0.05, 0.1) is 0 Å². The first kappa shape index (κ1) is 18.8. The molecule has 1 aliphatic heterocycles. The highest BCUT2D eigenvalue weighted by atomic mass is 19.1. The summed E-state index contributed by atoms with van der Waals surface area (Å²) in [6.45, 7) is 3.67. The van der Waals surface area contributed by atoms with Crippen LogP contribution in [0.25, 0.3) is 5.65 Å². The number of halogens is 2. The van der Waals surface area contributed by atoms with Gasteiger partial charge in [0.25, 0.3) is 11.8 Å². The summed E-state index contributed by atoms with van der Waals surface area (Å²) >= 11 is 0. The highest BCUT2D eigenvalue weighted by Crippen LogP contribution is 2.31. The van der Waals surface area contributed by atoms with Gasteiger partial charge in [0.15, 0.2) is 11.5 Å². The normalized spacial score (nSPS) is 16.2. The first-order valence-electron chi connectivity index (χ1n) is 8.92. The molecular formula is C19H17F2N5O3. The predicted octanol–water partition coefficient (Wildman–Crippen LogP) is 2.26. The number of nitrogens with zero attached hydrogens (tertiary/aromatic N) is 3. The Kier molecular flexibility index (Phi) is 4.61. The summed E-state index contributed by atoms with van der Waals surface area (Å²) in [7, 11) is 0. The molecule has 3 aromatic rings. The third kappa shape index (κ3) is 3.48. The van der Waals surface area contributed by atoms with Crippen LogP contribution in [0.3, 0.4) is 0 Å². The SMILES string of the molecule is CC(C)c1cccc2nc(C(=O)NC3COc4cc(F)cc(F)c4NC3=O)nn12. The molecular weight excluding hydrogens is 384 g/mol. The Hall–Kier alpha value is -3.56. The van der Waals surface area contributed by atoms with Crippen LogP contribution in [0.5, 0.6) is 5.75 Å². The Morgan fingerprint density at radius 1 is 1.34 bits per heavy atom. The van der Waals surface area contributed by atoms with Crippen LogP contribution in [0.15, 0.2) is 30.3 Å². The molecule has 10 heteroatoms. The van der Waals surface area contributed by atoms with Crippen molar-refractivity contribution >= 4 is 23.1 Å². The molecule has 0 saturated carbocycles. The van der Waals surface area contributed by atoms with E-state index in [4.69, 9.17) is 4.74 Å². The summed E-state index contributed by atoms with van der Waals surface area (Å²) in [6, 6.07) is 5.86. The lowest BCUT2D eigenvalue weighted by Crippen LogP contribution is -2.46. The van der Waals surface area contributed by atoms with Gasteiger partial charge in [0, 0.05) is 17.8 Å². The van der Waals surface area contributed by atoms with Crippen LogP contribution in [-0.4, -0.2) is 39.1 Å². The van der Waals surface area contributed by atoms with Crippen molar-refractivity contribution in [1.82, 2.24) is 19.9 Å². The van der Waals surface area contributed by atoms with Crippen molar-refractivity contribution in [2.75, 3.05) is 11.9 Å². The van der Waals surface area contributed by atoms with Crippen molar-refractivity contribution in [3.63, 3.8) is 0 Å². The lowest BCUT2D eigenvalue weighted by Gasteiger charge is -2.13. The Bertz CT molecular complexity index is 1130. The molecule has 3 heterocycles. The maximum atomic E-state index is 13.9. The monoisotopic (exact) mass is 401 g/mol. The minimum Gasteiger partial charge on any atom is -0.488 e. The average Bonchev–Trinajstić information content (AvgIpc) is 3.04. The predicted molar refractivity (Wildman–Crippen MR) is 98.8 cm³/mol. The summed E-state index contributed by atoms with van der Waals surface area (Å²) in [5.41, 5.74) is 1.09. The summed E-state index contributed by atoms with van der Waals surface area (Å²) in [6.07, 6.45) is 0. The molecule has 150 valence electrons. The minimum atomic E-state index is -1.14. The largest absolute Gasteiger partial charge is 0.488 e. The number of anilines is 1. The van der Waals surface area contributed by atoms with Crippen LogP contribution in [0, 0.1) is 11.6 Å². The van der Waals surface area contributed by atoms with E-state index in [0.29, 0.717) is 11.7 Å². The zero-order chi connectivity index (χ0) is 20.7. The molecule has 0 fully saturated rings. The number of carbonyl (C=O) groups excluding carboxylic acids is 2. The summed E-state index contributed by atoms with van der Waals surface area (Å²) in [4.78, 5) is 29.2. The van der Waals surface area contributed by atoms with Crippen LogP contribution in [0.2, 0.25) is 0 Å². The molecule has 2 amide bonds. The molecule has 1 aromatic carbocycles. The standard InChI is InChI=1S/C19H17F2N5O3/c1-9(2)13-4-3-5-15-23-17(25-26(13)15)19(28)22-12-8-29-14-7-10(20)6-11(21)16(14)24-18(12)27/h3-7,9,12H,8H2,1-2H3,(H,22,28)(H,24,27). The molecule has 1 unspecified atom stereocenters. The Morgan fingerprint density at radius 3 is 2.90 bits per heavy atom. The zero-order valence-corrected chi connectivity index (χ0v) is 15.6. The Labute approximate surface area is 163 Å². The molecule has 0 saturated heterocycles. The van der Waals surface area contributed by atoms with Crippen molar-refractivity contribution in [3.8, 4) is 5.75 Å². The van der Waals surface area contributed by atoms with E-state index in [1.165, 1.54) is 0 Å². The number of benzene rings is 1. The van der Waals surface area contributed by atoms with Gasteiger partial charge >= 0.3 is 0 Å². The molecule has 1 aliphatic rings. The maximum Gasteiger partial charge on any atom is 0.291 e. The van der Waals surface area contributed by atoms with E-state index in [1.54, 1.807) is 10.6 Å². The molecule has 2 aromatic heterocycles. The van der Waals surface area contributed by atoms with Crippen molar-refractivity contribution in [1.29, 1.82) is 0 Å². The smallest absolute Gasteiger partial charge is 0.291 e. The summed E-state index contributed by atoms with van der Waals surface area (Å²) in [5.74, 6) is -3.31. The Balaban J connectivity index is 1.56. The van der Waals surface area contributed by atoms with Gasteiger partial charge in [-0.3, -0.25) is 9.59 Å². The fourth-order valence-electron chi connectivity index (χ4n) is 3.03. The molecule has 4 rings (SSSR count). The maximum absolute atomic E-state index is 13.9. The van der Waals surface area contributed by atoms with Gasteiger partial charge in [-0.1, -0.05) is 19.9 Å². The van der Waals surface area contributed by atoms with E-state index >= 15 is 0 Å². The van der Waals surface area contributed by atoms with Gasteiger partial charge in [0.2, 0.25) is 5.82 Å². The number of rotatable bonds is 3. The number of ether oxygens (including phenoxy) is 1. The quantitative estimate of drug-likeness (QED) is 0.702. The number of pyridine rings is 1. The lowest BCUT2D eigenvalue weighted by molar-refractivity contribution is -0.118. The molecule has 0 radical (unpaired) electrons. The third-order valence-electron chi connectivity index (χ3n) is 4.48. The molecule has 2 N–H and O–H groups in total. The van der Waals surface area contributed by atoms with Crippen molar-refractivity contribution in [2.24, 2.45) is 0 Å². The van der Waals surface area contributed by atoms with E-state index < -0.39 is 29.5 Å². The van der Waals surface area contributed by atoms with Crippen molar-refractivity contribution in [3.05, 3.63) is 53.5 Å². The average molecular weight is 401 g/mol. The number of nitrogens with one attached hydrogen (secondary N) is 2. The third-order valence-corrected chi connectivity index (χ3v) is 4.48. The number of fused-ring (bicyclic) bond motifs is 2. The van der Waals surface area contributed by atoms with E-state index in [-0.39, 0.29) is 29.8 Å². The van der Waals surface area contributed by atoms with E-state index in [0.717, 1.165) is 11.8 Å². The number of carbonyl (C=O) groups is 2. The Morgan fingerprint density at radius 2 is 2.14 bits per heavy atom. The fourth-order valence-corrected chi connectivity index (χ4v) is 3.03. The van der Waals surface area contributed by atoms with E-state index in [2.05, 4.69) is 20.7 Å². The van der Waals surface area contributed by atoms with Crippen molar-refractivity contribution < 1.29 is 23.1 Å². The number of hydrogen-bond donors (Lipinski definition) is 2. The first-order valence-corrected chi connectivity index (χ1v) is 8.92. The number of hydrogen-bond acceptors (Lipinski definition) is 5. The van der Waals surface area contributed by atoms with Gasteiger partial charge in [-0.2, -0.15) is 0 Å². The lowest BCUT2D eigenvalue weighted by atomic mass is 10.1. The molecule has 1 atom stereocenters. The fraction of sp³-hybridized carbons (Fsp3) is 0.263. The molecule has 0 aliphatic carbocycles. The summed E-state index contributed by atoms with van der Waals surface area (Å²) < 4.78 is 34.2. The van der Waals surface area contributed by atoms with Gasteiger partial charge in [-0.05, 0) is 18.1 Å². The van der Waals surface area contributed by atoms with Crippen LogP contribution in [-0.2, 0) is 4.79 Å². The van der Waals surface area contributed by atoms with Crippen molar-refractivity contribution in [2.45, 2.75) is 25.8 Å². The second-order valence-electron chi connectivity index (χ2n) is 6.90. The highest BCUT2D eigenvalue weighted by molar-refractivity contribution is 6.01. The molecule has 29 heavy (non-hydrogen) atoms. The van der Waals surface area contributed by atoms with Crippen LogP contribution >= 0.6 is 0 Å². The van der Waals surface area contributed by atoms with Gasteiger partial charge in [0.1, 0.15) is 29.9 Å². The topological polar surface area (TPSA) is 97.6 Å². The van der Waals surface area contributed by atoms with Crippen LogP contribution < -0.4 is 15.4 Å².